The van der Waals surface area contributed by atoms with Gasteiger partial charge in [-0.05, 0) is 71.8 Å². The van der Waals surface area contributed by atoms with E-state index in [2.05, 4.69) is 208 Å². The first-order chi connectivity index (χ1) is 33.8. The summed E-state index contributed by atoms with van der Waals surface area (Å²) in [6.45, 7) is 0. The largest absolute Gasteiger partial charge is 0.455 e. The Labute approximate surface area is 390 Å². The van der Waals surface area contributed by atoms with Crippen molar-refractivity contribution >= 4 is 65.6 Å². The van der Waals surface area contributed by atoms with Crippen molar-refractivity contribution in [1.29, 1.82) is 0 Å². The van der Waals surface area contributed by atoms with Gasteiger partial charge in [0.1, 0.15) is 11.2 Å². The summed E-state index contributed by atoms with van der Waals surface area (Å²) in [5.41, 5.74) is 16.0. The van der Waals surface area contributed by atoms with E-state index < -0.39 is 0 Å². The molecular weight excluding hydrogens is 831 g/mol. The zero-order valence-electron chi connectivity index (χ0n) is 36.7. The quantitative estimate of drug-likeness (QED) is 0.160. The molecule has 6 nitrogen and oxygen atoms in total. The lowest BCUT2D eigenvalue weighted by molar-refractivity contribution is 0.673. The minimum Gasteiger partial charge on any atom is -0.455 e. The molecule has 318 valence electrons. The first-order valence-corrected chi connectivity index (χ1v) is 23.0. The summed E-state index contributed by atoms with van der Waals surface area (Å²) in [5, 5.41) is 16.5. The van der Waals surface area contributed by atoms with Crippen LogP contribution in [0.25, 0.3) is 128 Å². The molecule has 10 aromatic carbocycles. The van der Waals surface area contributed by atoms with Crippen LogP contribution >= 0.6 is 0 Å². The van der Waals surface area contributed by atoms with E-state index >= 15 is 0 Å². The molecule has 6 heteroatoms. The molecular formula is C62H39N5O. The highest BCUT2D eigenvalue weighted by Crippen LogP contribution is 2.44. The van der Waals surface area contributed by atoms with E-state index in [9.17, 15) is 0 Å². The second-order valence-electron chi connectivity index (χ2n) is 17.4. The van der Waals surface area contributed by atoms with Gasteiger partial charge >= 0.3 is 0 Å². The van der Waals surface area contributed by atoms with Crippen LogP contribution in [0.15, 0.2) is 241 Å². The fraction of sp³-hybridized carbons (Fsp3) is 0. The van der Waals surface area contributed by atoms with E-state index in [1.165, 1.54) is 10.8 Å². The van der Waals surface area contributed by atoms with Gasteiger partial charge in [-0.15, -0.1) is 10.2 Å². The molecule has 0 fully saturated rings. The monoisotopic (exact) mass is 869 g/mol. The van der Waals surface area contributed by atoms with Crippen molar-refractivity contribution < 1.29 is 4.42 Å². The van der Waals surface area contributed by atoms with Crippen LogP contribution in [0.5, 0.6) is 0 Å². The zero-order chi connectivity index (χ0) is 44.7. The van der Waals surface area contributed by atoms with Gasteiger partial charge in [0, 0.05) is 49.2 Å². The number of nitrogens with zero attached hydrogens (tertiary/aromatic N) is 5. The molecule has 0 aliphatic carbocycles. The van der Waals surface area contributed by atoms with Crippen LogP contribution in [0.4, 0.5) is 0 Å². The maximum atomic E-state index is 6.65. The summed E-state index contributed by atoms with van der Waals surface area (Å²) >= 11 is 0. The Hall–Kier alpha value is -9.26. The highest BCUT2D eigenvalue weighted by Gasteiger charge is 2.23. The lowest BCUT2D eigenvalue weighted by Gasteiger charge is -2.17. The van der Waals surface area contributed by atoms with Crippen LogP contribution in [0, 0.1) is 0 Å². The normalized spacial score (nSPS) is 11.8. The van der Waals surface area contributed by atoms with Crippen LogP contribution < -0.4 is 0 Å². The Kier molecular flexibility index (Phi) is 8.48. The third kappa shape index (κ3) is 5.77. The number of para-hydroxylation sites is 5. The van der Waals surface area contributed by atoms with Gasteiger partial charge in [0.05, 0.1) is 44.5 Å². The molecule has 0 radical (unpaired) electrons. The SMILES string of the molecule is c1ccc(-c2nnc(-c3ccccc3)n2-c2ccc3c4ccccc4n(-c4ccccc4-c4cccc(-c5ccccc5-n5c6ccccc6c6c7oc8ccccc8c7ccc65)c4)c3c2)cc1. The highest BCUT2D eigenvalue weighted by atomic mass is 16.3. The number of aromatic nitrogens is 5. The Bertz CT molecular complexity index is 4210. The van der Waals surface area contributed by atoms with Crippen LogP contribution in [-0.4, -0.2) is 23.9 Å². The van der Waals surface area contributed by atoms with Crippen molar-refractivity contribution in [3.05, 3.63) is 237 Å². The van der Waals surface area contributed by atoms with E-state index in [-0.39, 0.29) is 0 Å². The molecule has 0 saturated carbocycles. The number of hydrogen-bond acceptors (Lipinski definition) is 3. The van der Waals surface area contributed by atoms with E-state index in [4.69, 9.17) is 14.6 Å². The van der Waals surface area contributed by atoms with Gasteiger partial charge in [0.2, 0.25) is 0 Å². The summed E-state index contributed by atoms with van der Waals surface area (Å²) in [6.07, 6.45) is 0. The summed E-state index contributed by atoms with van der Waals surface area (Å²) in [6, 6.07) is 84.1. The lowest BCUT2D eigenvalue weighted by Crippen LogP contribution is -2.02. The number of hydrogen-bond donors (Lipinski definition) is 0. The molecule has 68 heavy (non-hydrogen) atoms. The van der Waals surface area contributed by atoms with Gasteiger partial charge in [0.15, 0.2) is 11.6 Å². The molecule has 0 atom stereocenters. The van der Waals surface area contributed by atoms with Gasteiger partial charge in [-0.2, -0.15) is 0 Å². The summed E-state index contributed by atoms with van der Waals surface area (Å²) in [7, 11) is 0. The second-order valence-corrected chi connectivity index (χ2v) is 17.4. The van der Waals surface area contributed by atoms with E-state index in [1.54, 1.807) is 0 Å². The molecule has 4 aromatic heterocycles. The topological polar surface area (TPSA) is 53.7 Å². The average molecular weight is 870 g/mol. The van der Waals surface area contributed by atoms with Gasteiger partial charge in [-0.3, -0.25) is 4.57 Å². The Morgan fingerprint density at radius 3 is 1.49 bits per heavy atom. The fourth-order valence-corrected chi connectivity index (χ4v) is 10.6. The van der Waals surface area contributed by atoms with Crippen LogP contribution in [-0.2, 0) is 0 Å². The van der Waals surface area contributed by atoms with Gasteiger partial charge in [-0.25, -0.2) is 0 Å². The highest BCUT2D eigenvalue weighted by molar-refractivity contribution is 6.24. The smallest absolute Gasteiger partial charge is 0.168 e. The number of benzene rings is 10. The molecule has 0 N–H and O–H groups in total. The summed E-state index contributed by atoms with van der Waals surface area (Å²) in [4.78, 5) is 0. The van der Waals surface area contributed by atoms with Gasteiger partial charge in [0.25, 0.3) is 0 Å². The molecule has 0 aliphatic rings. The minimum atomic E-state index is 0.785. The van der Waals surface area contributed by atoms with Crippen LogP contribution in [0.1, 0.15) is 0 Å². The van der Waals surface area contributed by atoms with Gasteiger partial charge < -0.3 is 13.6 Å². The molecule has 0 aliphatic heterocycles. The predicted molar refractivity (Wildman–Crippen MR) is 279 cm³/mol. The number of rotatable bonds is 7. The molecule has 0 amide bonds. The molecule has 4 heterocycles. The zero-order valence-corrected chi connectivity index (χ0v) is 36.7. The van der Waals surface area contributed by atoms with Crippen LogP contribution in [0.3, 0.4) is 0 Å². The van der Waals surface area contributed by atoms with E-state index in [0.717, 1.165) is 117 Å². The lowest BCUT2D eigenvalue weighted by atomic mass is 9.96. The van der Waals surface area contributed by atoms with Crippen molar-refractivity contribution in [3.63, 3.8) is 0 Å². The molecule has 0 spiro atoms. The molecule has 14 rings (SSSR count). The fourth-order valence-electron chi connectivity index (χ4n) is 10.6. The maximum absolute atomic E-state index is 6.65. The molecule has 14 aromatic rings. The van der Waals surface area contributed by atoms with E-state index in [0.29, 0.717) is 0 Å². The maximum Gasteiger partial charge on any atom is 0.168 e. The number of fused-ring (bicyclic) bond motifs is 10. The number of furan rings is 1. The van der Waals surface area contributed by atoms with Crippen LogP contribution in [0.2, 0.25) is 0 Å². The third-order valence-electron chi connectivity index (χ3n) is 13.6. The van der Waals surface area contributed by atoms with Crippen molar-refractivity contribution in [2.75, 3.05) is 0 Å². The summed E-state index contributed by atoms with van der Waals surface area (Å²) in [5.74, 6) is 1.57. The average Bonchev–Trinajstić information content (AvgIpc) is 4.19. The van der Waals surface area contributed by atoms with Gasteiger partial charge in [-0.1, -0.05) is 176 Å². The first kappa shape index (κ1) is 38.1. The van der Waals surface area contributed by atoms with Crippen molar-refractivity contribution in [1.82, 2.24) is 23.9 Å². The molecule has 0 bridgehead atoms. The molecule has 0 unspecified atom stereocenters. The van der Waals surface area contributed by atoms with Crippen molar-refractivity contribution in [2.24, 2.45) is 0 Å². The van der Waals surface area contributed by atoms with E-state index in [1.807, 2.05) is 42.5 Å². The predicted octanol–water partition coefficient (Wildman–Crippen LogP) is 16.0. The van der Waals surface area contributed by atoms with Crippen molar-refractivity contribution in [3.8, 4) is 62.1 Å². The first-order valence-electron chi connectivity index (χ1n) is 23.0. The third-order valence-corrected chi connectivity index (χ3v) is 13.6. The minimum absolute atomic E-state index is 0.785. The Balaban J connectivity index is 0.946. The Morgan fingerprint density at radius 2 is 0.809 bits per heavy atom. The Morgan fingerprint density at radius 1 is 0.309 bits per heavy atom. The summed E-state index contributed by atoms with van der Waals surface area (Å²) < 4.78 is 13.7. The second kappa shape index (κ2) is 15.2. The van der Waals surface area contributed by atoms with Crippen molar-refractivity contribution in [2.45, 2.75) is 0 Å². The molecule has 0 saturated heterocycles. The standard InChI is InChI=1S/C62H39N5O/c1-3-18-40(19-4-1)61-63-64-62(41-20-5-2-6-21-41)65(61)44-34-35-48-47-26-9-14-31-54(47)67(57(48)39-44)53-30-13-8-25-46(53)43-23-17-22-42(38-43)45-24-7-12-29-52(45)66-55-32-15-10-28-51(55)59-56(66)37-36-50-49-27-11-16-33-58(49)68-60(50)59/h1-39H.